The maximum absolute atomic E-state index is 10.6. The van der Waals surface area contributed by atoms with E-state index < -0.39 is 5.97 Å². The second-order valence-corrected chi connectivity index (χ2v) is 7.52. The van der Waals surface area contributed by atoms with Crippen LogP contribution in [-0.4, -0.2) is 41.1 Å². The lowest BCUT2D eigenvalue weighted by atomic mass is 10.0. The van der Waals surface area contributed by atoms with Gasteiger partial charge in [-0.1, -0.05) is 0 Å². The van der Waals surface area contributed by atoms with Gasteiger partial charge in [-0.2, -0.15) is 0 Å². The van der Waals surface area contributed by atoms with Crippen molar-refractivity contribution in [2.75, 3.05) is 19.6 Å². The van der Waals surface area contributed by atoms with E-state index in [4.69, 9.17) is 5.11 Å². The Balaban J connectivity index is 1.85. The number of rotatable bonds is 5. The molecule has 0 spiro atoms. The highest BCUT2D eigenvalue weighted by Crippen LogP contribution is 2.27. The quantitative estimate of drug-likeness (QED) is 0.867. The smallest absolute Gasteiger partial charge is 0.317 e. The molecule has 1 unspecified atom stereocenters. The lowest BCUT2D eigenvalue weighted by Crippen LogP contribution is -2.46. The first kappa shape index (κ1) is 14.0. The zero-order valence-corrected chi connectivity index (χ0v) is 12.7. The normalized spacial score (nSPS) is 24.6. The molecule has 2 heterocycles. The largest absolute Gasteiger partial charge is 0.480 e. The third-order valence-corrected chi connectivity index (χ3v) is 4.84. The Bertz CT molecular complexity index is 437. The van der Waals surface area contributed by atoms with E-state index in [1.165, 1.54) is 4.88 Å². The fourth-order valence-electron chi connectivity index (χ4n) is 2.28. The Morgan fingerprint density at radius 1 is 1.67 bits per heavy atom. The van der Waals surface area contributed by atoms with Crippen molar-refractivity contribution in [1.82, 2.24) is 10.2 Å². The maximum Gasteiger partial charge on any atom is 0.317 e. The van der Waals surface area contributed by atoms with E-state index in [1.54, 1.807) is 11.3 Å². The van der Waals surface area contributed by atoms with E-state index in [0.29, 0.717) is 0 Å². The molecule has 18 heavy (non-hydrogen) atoms. The van der Waals surface area contributed by atoms with Crippen molar-refractivity contribution in [1.29, 1.82) is 0 Å². The first-order valence-electron chi connectivity index (χ1n) is 5.90. The lowest BCUT2D eigenvalue weighted by molar-refractivity contribution is -0.136. The van der Waals surface area contributed by atoms with Gasteiger partial charge in [0.05, 0.1) is 10.3 Å². The van der Waals surface area contributed by atoms with Gasteiger partial charge in [0.15, 0.2) is 0 Å². The van der Waals surface area contributed by atoms with Crippen molar-refractivity contribution in [3.8, 4) is 0 Å². The molecule has 0 saturated carbocycles. The van der Waals surface area contributed by atoms with Crippen molar-refractivity contribution < 1.29 is 9.90 Å². The van der Waals surface area contributed by atoms with Gasteiger partial charge in [-0.25, -0.2) is 0 Å². The summed E-state index contributed by atoms with van der Waals surface area (Å²) in [6, 6.07) is 4.20. The molecule has 1 aliphatic heterocycles. The SMILES string of the molecule is CC1(NCC(=O)O)CCN(Cc2ccc(Br)s2)C1. The van der Waals surface area contributed by atoms with Crippen LogP contribution in [0.1, 0.15) is 18.2 Å². The number of carboxylic acids is 1. The Hall–Kier alpha value is -0.430. The van der Waals surface area contributed by atoms with Gasteiger partial charge in [0.2, 0.25) is 0 Å². The summed E-state index contributed by atoms with van der Waals surface area (Å²) < 4.78 is 1.16. The molecular formula is C12H17BrN2O2S. The molecule has 1 aromatic rings. The number of hydrogen-bond acceptors (Lipinski definition) is 4. The summed E-state index contributed by atoms with van der Waals surface area (Å²) in [6.07, 6.45) is 0.993. The Morgan fingerprint density at radius 2 is 2.44 bits per heavy atom. The Morgan fingerprint density at radius 3 is 3.06 bits per heavy atom. The predicted molar refractivity (Wildman–Crippen MR) is 76.0 cm³/mol. The highest BCUT2D eigenvalue weighted by molar-refractivity contribution is 9.11. The fourth-order valence-corrected chi connectivity index (χ4v) is 3.81. The number of aliphatic carboxylic acids is 1. The van der Waals surface area contributed by atoms with Gasteiger partial charge < -0.3 is 10.4 Å². The number of likely N-dealkylation sites (tertiary alicyclic amines) is 1. The topological polar surface area (TPSA) is 52.6 Å². The van der Waals surface area contributed by atoms with E-state index in [9.17, 15) is 4.79 Å². The van der Waals surface area contributed by atoms with Gasteiger partial charge in [0.1, 0.15) is 0 Å². The van der Waals surface area contributed by atoms with Crippen LogP contribution in [0, 0.1) is 0 Å². The van der Waals surface area contributed by atoms with E-state index in [1.807, 2.05) is 0 Å². The lowest BCUT2D eigenvalue weighted by Gasteiger charge is -2.25. The van der Waals surface area contributed by atoms with Gasteiger partial charge in [0.25, 0.3) is 0 Å². The van der Waals surface area contributed by atoms with Gasteiger partial charge >= 0.3 is 5.97 Å². The van der Waals surface area contributed by atoms with Gasteiger partial charge in [-0.3, -0.25) is 9.69 Å². The molecule has 2 rings (SSSR count). The van der Waals surface area contributed by atoms with Crippen molar-refractivity contribution in [3.63, 3.8) is 0 Å². The molecule has 1 aromatic heterocycles. The highest BCUT2D eigenvalue weighted by Gasteiger charge is 2.33. The number of nitrogens with one attached hydrogen (secondary N) is 1. The van der Waals surface area contributed by atoms with Crippen LogP contribution in [0.5, 0.6) is 0 Å². The molecule has 0 bridgehead atoms. The third kappa shape index (κ3) is 3.78. The van der Waals surface area contributed by atoms with Crippen LogP contribution in [0.3, 0.4) is 0 Å². The minimum Gasteiger partial charge on any atom is -0.480 e. The molecule has 1 fully saturated rings. The number of nitrogens with zero attached hydrogens (tertiary/aromatic N) is 1. The molecule has 6 heteroatoms. The second-order valence-electron chi connectivity index (χ2n) is 4.97. The Kier molecular flexibility index (Phi) is 4.42. The maximum atomic E-state index is 10.6. The van der Waals surface area contributed by atoms with E-state index in [2.05, 4.69) is 45.2 Å². The number of hydrogen-bond donors (Lipinski definition) is 2. The second kappa shape index (κ2) is 5.69. The Labute approximate surface area is 119 Å². The number of carbonyl (C=O) groups is 1. The van der Waals surface area contributed by atoms with Crippen molar-refractivity contribution in [3.05, 3.63) is 20.8 Å². The summed E-state index contributed by atoms with van der Waals surface area (Å²) in [5.74, 6) is -0.795. The first-order chi connectivity index (χ1) is 8.47. The summed E-state index contributed by atoms with van der Waals surface area (Å²) in [6.45, 7) is 4.99. The minimum atomic E-state index is -0.795. The minimum absolute atomic E-state index is 0.0366. The van der Waals surface area contributed by atoms with Crippen LogP contribution in [0.15, 0.2) is 15.9 Å². The standard InChI is InChI=1S/C12H17BrN2O2S/c1-12(14-6-11(16)17)4-5-15(8-12)7-9-2-3-10(13)18-9/h2-3,14H,4-8H2,1H3,(H,16,17). The molecule has 0 radical (unpaired) electrons. The molecule has 1 aliphatic rings. The third-order valence-electron chi connectivity index (χ3n) is 3.23. The van der Waals surface area contributed by atoms with Crippen LogP contribution >= 0.6 is 27.3 Å². The molecule has 2 N–H and O–H groups in total. The number of halogens is 1. The van der Waals surface area contributed by atoms with Crippen molar-refractivity contribution >= 4 is 33.2 Å². The molecule has 0 aromatic carbocycles. The van der Waals surface area contributed by atoms with Crippen molar-refractivity contribution in [2.24, 2.45) is 0 Å². The van der Waals surface area contributed by atoms with Crippen LogP contribution in [0.4, 0.5) is 0 Å². The van der Waals surface area contributed by atoms with E-state index in [0.717, 1.165) is 29.8 Å². The van der Waals surface area contributed by atoms with Crippen molar-refractivity contribution in [2.45, 2.75) is 25.4 Å². The molecule has 0 amide bonds. The molecular weight excluding hydrogens is 316 g/mol. The van der Waals surface area contributed by atoms with Gasteiger partial charge in [0, 0.05) is 30.1 Å². The zero-order chi connectivity index (χ0) is 13.2. The average molecular weight is 333 g/mol. The van der Waals surface area contributed by atoms with Crippen LogP contribution < -0.4 is 5.32 Å². The molecule has 4 nitrogen and oxygen atoms in total. The monoisotopic (exact) mass is 332 g/mol. The molecule has 100 valence electrons. The first-order valence-corrected chi connectivity index (χ1v) is 7.51. The fraction of sp³-hybridized carbons (Fsp3) is 0.583. The van der Waals surface area contributed by atoms with Crippen LogP contribution in [-0.2, 0) is 11.3 Å². The summed E-state index contributed by atoms with van der Waals surface area (Å²) in [4.78, 5) is 14.3. The molecule has 1 saturated heterocycles. The summed E-state index contributed by atoms with van der Waals surface area (Å²) >= 11 is 5.22. The van der Waals surface area contributed by atoms with Gasteiger partial charge in [-0.05, 0) is 41.4 Å². The zero-order valence-electron chi connectivity index (χ0n) is 10.3. The molecule has 0 aliphatic carbocycles. The average Bonchev–Trinajstić information content (AvgIpc) is 2.85. The highest BCUT2D eigenvalue weighted by atomic mass is 79.9. The summed E-state index contributed by atoms with van der Waals surface area (Å²) in [5, 5.41) is 11.8. The van der Waals surface area contributed by atoms with Crippen LogP contribution in [0.2, 0.25) is 0 Å². The predicted octanol–water partition coefficient (Wildman–Crippen LogP) is 2.15. The summed E-state index contributed by atoms with van der Waals surface area (Å²) in [7, 11) is 0. The van der Waals surface area contributed by atoms with E-state index >= 15 is 0 Å². The number of thiophene rings is 1. The molecule has 1 atom stereocenters. The summed E-state index contributed by atoms with van der Waals surface area (Å²) in [5.41, 5.74) is -0.0765. The van der Waals surface area contributed by atoms with Crippen LogP contribution in [0.25, 0.3) is 0 Å². The number of carboxylic acid groups (broad SMARTS) is 1. The van der Waals surface area contributed by atoms with E-state index in [-0.39, 0.29) is 12.1 Å². The van der Waals surface area contributed by atoms with Gasteiger partial charge in [-0.15, -0.1) is 11.3 Å².